The molecule has 2 unspecified atom stereocenters. The Balaban J connectivity index is 1.32. The van der Waals surface area contributed by atoms with E-state index < -0.39 is 18.0 Å². The summed E-state index contributed by atoms with van der Waals surface area (Å²) in [7, 11) is 0. The molecular formula is C27H25NO4. The molecule has 1 saturated heterocycles. The highest BCUT2D eigenvalue weighted by Gasteiger charge is 2.41. The van der Waals surface area contributed by atoms with Crippen molar-refractivity contribution in [2.45, 2.75) is 18.8 Å². The van der Waals surface area contributed by atoms with Crippen LogP contribution in [0.25, 0.3) is 11.1 Å². The van der Waals surface area contributed by atoms with Crippen LogP contribution in [0.4, 0.5) is 4.79 Å². The molecule has 162 valence electrons. The number of carboxylic acids is 1. The highest BCUT2D eigenvalue weighted by atomic mass is 16.6. The van der Waals surface area contributed by atoms with Gasteiger partial charge in [0.1, 0.15) is 6.61 Å². The summed E-state index contributed by atoms with van der Waals surface area (Å²) in [4.78, 5) is 26.4. The Labute approximate surface area is 187 Å². The Kier molecular flexibility index (Phi) is 5.17. The van der Waals surface area contributed by atoms with Crippen LogP contribution in [0, 0.1) is 12.8 Å². The predicted octanol–water partition coefficient (Wildman–Crippen LogP) is 5.04. The van der Waals surface area contributed by atoms with Gasteiger partial charge in [0, 0.05) is 24.9 Å². The van der Waals surface area contributed by atoms with Crippen LogP contribution >= 0.6 is 0 Å². The third kappa shape index (κ3) is 3.54. The third-order valence-corrected chi connectivity index (χ3v) is 6.70. The van der Waals surface area contributed by atoms with Crippen molar-refractivity contribution >= 4 is 12.1 Å². The molecule has 1 N–H and O–H groups in total. The van der Waals surface area contributed by atoms with Crippen LogP contribution in [0.2, 0.25) is 0 Å². The molecule has 0 spiro atoms. The van der Waals surface area contributed by atoms with Crippen molar-refractivity contribution < 1.29 is 19.4 Å². The van der Waals surface area contributed by atoms with Gasteiger partial charge >= 0.3 is 12.1 Å². The molecule has 1 fully saturated rings. The Morgan fingerprint density at radius 2 is 1.59 bits per heavy atom. The molecule has 0 aromatic heterocycles. The van der Waals surface area contributed by atoms with E-state index in [4.69, 9.17) is 4.74 Å². The van der Waals surface area contributed by atoms with E-state index in [0.29, 0.717) is 6.54 Å². The first-order chi connectivity index (χ1) is 15.5. The summed E-state index contributed by atoms with van der Waals surface area (Å²) in [5, 5.41) is 9.76. The monoisotopic (exact) mass is 427 g/mol. The number of amides is 1. The molecular weight excluding hydrogens is 402 g/mol. The first kappa shape index (κ1) is 20.3. The molecule has 5 heteroatoms. The summed E-state index contributed by atoms with van der Waals surface area (Å²) in [6.45, 7) is 2.72. The molecule has 1 amide bonds. The van der Waals surface area contributed by atoms with E-state index in [0.717, 1.165) is 22.3 Å². The van der Waals surface area contributed by atoms with Crippen molar-refractivity contribution in [3.63, 3.8) is 0 Å². The van der Waals surface area contributed by atoms with Crippen LogP contribution < -0.4 is 0 Å². The van der Waals surface area contributed by atoms with E-state index in [9.17, 15) is 14.7 Å². The average Bonchev–Trinajstić information content (AvgIpc) is 3.38. The topological polar surface area (TPSA) is 66.8 Å². The lowest BCUT2D eigenvalue weighted by Gasteiger charge is -2.19. The molecule has 0 bridgehead atoms. The van der Waals surface area contributed by atoms with Gasteiger partial charge in [-0.25, -0.2) is 4.79 Å². The highest BCUT2D eigenvalue weighted by Crippen LogP contribution is 2.44. The van der Waals surface area contributed by atoms with Gasteiger partial charge in [-0.3, -0.25) is 4.79 Å². The number of likely N-dealkylation sites (tertiary alicyclic amines) is 1. The van der Waals surface area contributed by atoms with Gasteiger partial charge in [-0.15, -0.1) is 0 Å². The lowest BCUT2D eigenvalue weighted by Crippen LogP contribution is -2.31. The van der Waals surface area contributed by atoms with Crippen molar-refractivity contribution in [3.8, 4) is 11.1 Å². The van der Waals surface area contributed by atoms with Crippen LogP contribution in [0.1, 0.15) is 34.1 Å². The van der Waals surface area contributed by atoms with Crippen LogP contribution in [-0.4, -0.2) is 41.8 Å². The SMILES string of the molecule is Cc1cccc(C2CN(C(=O)OCC3c4ccccc4-c4ccccc43)CC2C(=O)O)c1. The first-order valence-corrected chi connectivity index (χ1v) is 10.9. The quantitative estimate of drug-likeness (QED) is 0.633. The minimum absolute atomic E-state index is 0.0169. The fourth-order valence-corrected chi connectivity index (χ4v) is 5.13. The Bertz CT molecular complexity index is 1140. The van der Waals surface area contributed by atoms with E-state index >= 15 is 0 Å². The van der Waals surface area contributed by atoms with Gasteiger partial charge in [-0.2, -0.15) is 0 Å². The average molecular weight is 428 g/mol. The van der Waals surface area contributed by atoms with Gasteiger partial charge in [0.25, 0.3) is 0 Å². The second-order valence-corrected chi connectivity index (χ2v) is 8.67. The van der Waals surface area contributed by atoms with Crippen LogP contribution in [0.5, 0.6) is 0 Å². The van der Waals surface area contributed by atoms with E-state index in [-0.39, 0.29) is 25.0 Å². The summed E-state index contributed by atoms with van der Waals surface area (Å²) in [6, 6.07) is 24.3. The second kappa shape index (κ2) is 8.15. The number of carbonyl (C=O) groups excluding carboxylic acids is 1. The summed E-state index contributed by atoms with van der Waals surface area (Å²) in [5.41, 5.74) is 6.69. The minimum Gasteiger partial charge on any atom is -0.481 e. The normalized spacial score (nSPS) is 19.5. The number of benzene rings is 3. The summed E-state index contributed by atoms with van der Waals surface area (Å²) in [6.07, 6.45) is -0.451. The third-order valence-electron chi connectivity index (χ3n) is 6.70. The maximum Gasteiger partial charge on any atom is 0.409 e. The van der Waals surface area contributed by atoms with Gasteiger partial charge < -0.3 is 14.7 Å². The van der Waals surface area contributed by atoms with E-state index in [1.165, 1.54) is 11.1 Å². The zero-order valence-corrected chi connectivity index (χ0v) is 17.9. The number of hydrogen-bond donors (Lipinski definition) is 1. The van der Waals surface area contributed by atoms with Crippen molar-refractivity contribution in [2.75, 3.05) is 19.7 Å². The number of hydrogen-bond acceptors (Lipinski definition) is 3. The molecule has 3 aromatic carbocycles. The molecule has 1 aliphatic heterocycles. The highest BCUT2D eigenvalue weighted by molar-refractivity contribution is 5.79. The number of rotatable bonds is 4. The van der Waals surface area contributed by atoms with Crippen LogP contribution in [-0.2, 0) is 9.53 Å². The zero-order valence-electron chi connectivity index (χ0n) is 17.9. The molecule has 32 heavy (non-hydrogen) atoms. The molecule has 3 aromatic rings. The number of aryl methyl sites for hydroxylation is 1. The van der Waals surface area contributed by atoms with Gasteiger partial charge in [0.2, 0.25) is 0 Å². The molecule has 0 saturated carbocycles. The number of fused-ring (bicyclic) bond motifs is 3. The fraction of sp³-hybridized carbons (Fsp3) is 0.259. The Morgan fingerprint density at radius 1 is 0.938 bits per heavy atom. The van der Waals surface area contributed by atoms with Gasteiger partial charge in [-0.05, 0) is 34.7 Å². The van der Waals surface area contributed by atoms with Crippen molar-refractivity contribution in [1.82, 2.24) is 4.90 Å². The standard InChI is InChI=1S/C27H25NO4/c1-17-7-6-8-18(13-17)23-14-28(15-24(23)26(29)30)27(31)32-16-25-21-11-4-2-9-19(21)20-10-3-5-12-22(20)25/h2-13,23-25H,14-16H2,1H3,(H,29,30). The number of nitrogens with zero attached hydrogens (tertiary/aromatic N) is 1. The smallest absolute Gasteiger partial charge is 0.409 e. The summed E-state index contributed by atoms with van der Waals surface area (Å²) < 4.78 is 5.75. The van der Waals surface area contributed by atoms with Crippen LogP contribution in [0.3, 0.4) is 0 Å². The van der Waals surface area contributed by atoms with Gasteiger partial charge in [0.05, 0.1) is 5.92 Å². The maximum atomic E-state index is 12.9. The lowest BCUT2D eigenvalue weighted by atomic mass is 9.88. The second-order valence-electron chi connectivity index (χ2n) is 8.67. The van der Waals surface area contributed by atoms with Gasteiger partial charge in [0.15, 0.2) is 0 Å². The number of ether oxygens (including phenoxy) is 1. The molecule has 2 aliphatic rings. The number of carbonyl (C=O) groups is 2. The number of carboxylic acid groups (broad SMARTS) is 1. The predicted molar refractivity (Wildman–Crippen MR) is 122 cm³/mol. The van der Waals surface area contributed by atoms with Crippen molar-refractivity contribution in [2.24, 2.45) is 5.92 Å². The van der Waals surface area contributed by atoms with Gasteiger partial charge in [-0.1, -0.05) is 78.4 Å². The molecule has 5 rings (SSSR count). The Hall–Kier alpha value is -3.60. The number of aliphatic carboxylic acids is 1. The fourth-order valence-electron chi connectivity index (χ4n) is 5.13. The van der Waals surface area contributed by atoms with E-state index in [1.54, 1.807) is 4.90 Å². The summed E-state index contributed by atoms with van der Waals surface area (Å²) in [5.74, 6) is -1.78. The maximum absolute atomic E-state index is 12.9. The largest absolute Gasteiger partial charge is 0.481 e. The Morgan fingerprint density at radius 3 is 2.22 bits per heavy atom. The molecule has 1 heterocycles. The molecule has 2 atom stereocenters. The molecule has 0 radical (unpaired) electrons. The molecule has 1 aliphatic carbocycles. The molecule has 5 nitrogen and oxygen atoms in total. The summed E-state index contributed by atoms with van der Waals surface area (Å²) >= 11 is 0. The first-order valence-electron chi connectivity index (χ1n) is 10.9. The van der Waals surface area contributed by atoms with Crippen molar-refractivity contribution in [1.29, 1.82) is 0 Å². The van der Waals surface area contributed by atoms with E-state index in [2.05, 4.69) is 24.3 Å². The zero-order chi connectivity index (χ0) is 22.2. The van der Waals surface area contributed by atoms with Crippen LogP contribution in [0.15, 0.2) is 72.8 Å². The van der Waals surface area contributed by atoms with E-state index in [1.807, 2.05) is 55.5 Å². The lowest BCUT2D eigenvalue weighted by molar-refractivity contribution is -0.141. The van der Waals surface area contributed by atoms with Crippen molar-refractivity contribution in [3.05, 3.63) is 95.1 Å². The minimum atomic E-state index is -0.884.